The van der Waals surface area contributed by atoms with Gasteiger partial charge >= 0.3 is 0 Å². The lowest BCUT2D eigenvalue weighted by atomic mass is 9.95. The molecule has 2 aromatic rings. The fraction of sp³-hybridized carbons (Fsp3) is 0.688. The number of methoxy groups -OCH3 is 1. The van der Waals surface area contributed by atoms with Gasteiger partial charge in [0.1, 0.15) is 10.7 Å². The number of imidazole rings is 1. The van der Waals surface area contributed by atoms with Gasteiger partial charge in [-0.1, -0.05) is 0 Å². The van der Waals surface area contributed by atoms with Crippen LogP contribution in [0.2, 0.25) is 0 Å². The van der Waals surface area contributed by atoms with Crippen LogP contribution in [0.25, 0.3) is 4.83 Å². The van der Waals surface area contributed by atoms with E-state index in [0.29, 0.717) is 5.92 Å². The van der Waals surface area contributed by atoms with E-state index < -0.39 is 0 Å². The third kappa shape index (κ3) is 2.74. The molecule has 0 N–H and O–H groups in total. The van der Waals surface area contributed by atoms with E-state index in [2.05, 4.69) is 30.1 Å². The number of rotatable bonds is 4. The van der Waals surface area contributed by atoms with Crippen LogP contribution >= 0.6 is 11.3 Å². The Bertz CT molecular complexity index is 631. The molecule has 1 atom stereocenters. The minimum Gasteiger partial charge on any atom is -0.383 e. The van der Waals surface area contributed by atoms with Crippen molar-refractivity contribution < 1.29 is 4.74 Å². The summed E-state index contributed by atoms with van der Waals surface area (Å²) in [6.07, 6.45) is 2.52. The Morgan fingerprint density at radius 2 is 2.14 bits per heavy atom. The Balaban J connectivity index is 1.88. The summed E-state index contributed by atoms with van der Waals surface area (Å²) in [5, 5.41) is 0. The standard InChI is InChI=1S/C16H25N3OS/c1-11-12(2)21-16-15(17-13(3)19(11)16)14-6-5-7-18(10-14)8-9-20-4/h14H,5-10H2,1-4H3/t14-/m1/s1. The Kier molecular flexibility index (Phi) is 4.33. The van der Waals surface area contributed by atoms with Crippen molar-refractivity contribution in [1.82, 2.24) is 14.3 Å². The molecule has 0 saturated carbocycles. The highest BCUT2D eigenvalue weighted by molar-refractivity contribution is 7.17. The number of ether oxygens (including phenoxy) is 1. The summed E-state index contributed by atoms with van der Waals surface area (Å²) in [5.41, 5.74) is 2.66. The summed E-state index contributed by atoms with van der Waals surface area (Å²) in [6.45, 7) is 10.7. The second-order valence-corrected chi connectivity index (χ2v) is 7.26. The smallest absolute Gasteiger partial charge is 0.123 e. The molecule has 3 rings (SSSR count). The quantitative estimate of drug-likeness (QED) is 0.869. The SMILES string of the molecule is COCCN1CCC[C@@H](c2nc(C)n3c(C)c(C)sc23)C1. The topological polar surface area (TPSA) is 29.8 Å². The van der Waals surface area contributed by atoms with Crippen molar-refractivity contribution >= 4 is 16.2 Å². The average molecular weight is 307 g/mol. The van der Waals surface area contributed by atoms with Crippen molar-refractivity contribution in [3.63, 3.8) is 0 Å². The fourth-order valence-corrected chi connectivity index (χ4v) is 4.58. The van der Waals surface area contributed by atoms with Gasteiger partial charge in [-0.2, -0.15) is 0 Å². The molecular weight excluding hydrogens is 282 g/mol. The summed E-state index contributed by atoms with van der Waals surface area (Å²) in [4.78, 5) is 10.2. The van der Waals surface area contributed by atoms with Crippen LogP contribution in [0.5, 0.6) is 0 Å². The molecule has 5 heteroatoms. The maximum atomic E-state index is 5.22. The molecule has 1 aliphatic heterocycles. The van der Waals surface area contributed by atoms with Crippen LogP contribution in [0.1, 0.15) is 40.8 Å². The highest BCUT2D eigenvalue weighted by Gasteiger charge is 2.26. The lowest BCUT2D eigenvalue weighted by Crippen LogP contribution is -2.36. The van der Waals surface area contributed by atoms with Gasteiger partial charge < -0.3 is 9.64 Å². The number of aromatic nitrogens is 2. The lowest BCUT2D eigenvalue weighted by molar-refractivity contribution is 0.128. The van der Waals surface area contributed by atoms with Crippen LogP contribution in [-0.4, -0.2) is 47.6 Å². The van der Waals surface area contributed by atoms with Gasteiger partial charge in [0.05, 0.1) is 12.3 Å². The summed E-state index contributed by atoms with van der Waals surface area (Å²) in [6, 6.07) is 0. The van der Waals surface area contributed by atoms with Gasteiger partial charge in [-0.25, -0.2) is 4.98 Å². The Labute approximate surface area is 130 Å². The zero-order valence-corrected chi connectivity index (χ0v) is 14.3. The van der Waals surface area contributed by atoms with Gasteiger partial charge in [-0.15, -0.1) is 11.3 Å². The zero-order valence-electron chi connectivity index (χ0n) is 13.5. The van der Waals surface area contributed by atoms with E-state index in [0.717, 1.165) is 25.5 Å². The third-order valence-corrected chi connectivity index (χ3v) is 5.81. The first kappa shape index (κ1) is 15.0. The molecule has 0 aromatic carbocycles. The number of fused-ring (bicyclic) bond motifs is 1. The van der Waals surface area contributed by atoms with Crippen molar-refractivity contribution in [1.29, 1.82) is 0 Å². The maximum Gasteiger partial charge on any atom is 0.123 e. The normalized spacial score (nSPS) is 20.5. The van der Waals surface area contributed by atoms with E-state index >= 15 is 0 Å². The van der Waals surface area contributed by atoms with E-state index in [1.165, 1.54) is 40.5 Å². The minimum atomic E-state index is 0.566. The van der Waals surface area contributed by atoms with Crippen LogP contribution in [0, 0.1) is 20.8 Å². The highest BCUT2D eigenvalue weighted by Crippen LogP contribution is 2.34. The van der Waals surface area contributed by atoms with Gasteiger partial charge in [0.2, 0.25) is 0 Å². The Morgan fingerprint density at radius 3 is 2.90 bits per heavy atom. The Hall–Kier alpha value is -0.910. The summed E-state index contributed by atoms with van der Waals surface area (Å²) in [5.74, 6) is 1.70. The molecule has 0 bridgehead atoms. The van der Waals surface area contributed by atoms with Crippen LogP contribution in [0.4, 0.5) is 0 Å². The van der Waals surface area contributed by atoms with Gasteiger partial charge in [0.25, 0.3) is 0 Å². The number of nitrogens with zero attached hydrogens (tertiary/aromatic N) is 3. The van der Waals surface area contributed by atoms with E-state index in [4.69, 9.17) is 9.72 Å². The highest BCUT2D eigenvalue weighted by atomic mass is 32.1. The first-order chi connectivity index (χ1) is 10.1. The largest absolute Gasteiger partial charge is 0.383 e. The second kappa shape index (κ2) is 6.07. The van der Waals surface area contributed by atoms with Crippen LogP contribution in [-0.2, 0) is 4.74 Å². The summed E-state index contributed by atoms with van der Waals surface area (Å²) in [7, 11) is 1.78. The Morgan fingerprint density at radius 1 is 1.33 bits per heavy atom. The molecule has 0 unspecified atom stereocenters. The molecular formula is C16H25N3OS. The van der Waals surface area contributed by atoms with Crippen LogP contribution < -0.4 is 0 Å². The molecule has 0 radical (unpaired) electrons. The fourth-order valence-electron chi connectivity index (χ4n) is 3.37. The number of aryl methyl sites for hydroxylation is 3. The molecule has 1 saturated heterocycles. The van der Waals surface area contributed by atoms with Gasteiger partial charge in [0.15, 0.2) is 0 Å². The molecule has 2 aromatic heterocycles. The number of hydrogen-bond acceptors (Lipinski definition) is 4. The second-order valence-electron chi connectivity index (χ2n) is 6.06. The average Bonchev–Trinajstić information content (AvgIpc) is 2.96. The van der Waals surface area contributed by atoms with Crippen molar-refractivity contribution in [2.45, 2.75) is 39.5 Å². The third-order valence-electron chi connectivity index (χ3n) is 4.63. The van der Waals surface area contributed by atoms with E-state index in [-0.39, 0.29) is 0 Å². The first-order valence-corrected chi connectivity index (χ1v) is 8.59. The molecule has 0 aliphatic carbocycles. The molecule has 21 heavy (non-hydrogen) atoms. The van der Waals surface area contributed by atoms with Gasteiger partial charge in [0, 0.05) is 36.7 Å². The lowest BCUT2D eigenvalue weighted by Gasteiger charge is -2.31. The molecule has 4 nitrogen and oxygen atoms in total. The van der Waals surface area contributed by atoms with Crippen molar-refractivity contribution in [3.8, 4) is 0 Å². The molecule has 1 fully saturated rings. The van der Waals surface area contributed by atoms with Crippen molar-refractivity contribution in [2.24, 2.45) is 0 Å². The minimum absolute atomic E-state index is 0.566. The number of hydrogen-bond donors (Lipinski definition) is 0. The molecule has 3 heterocycles. The van der Waals surface area contributed by atoms with Gasteiger partial charge in [-0.3, -0.25) is 4.40 Å². The summed E-state index contributed by atoms with van der Waals surface area (Å²) < 4.78 is 7.56. The van der Waals surface area contributed by atoms with E-state index in [9.17, 15) is 0 Å². The van der Waals surface area contributed by atoms with E-state index in [1.54, 1.807) is 7.11 Å². The molecule has 0 spiro atoms. The first-order valence-electron chi connectivity index (χ1n) is 7.78. The zero-order chi connectivity index (χ0) is 15.0. The number of thiazole rings is 1. The van der Waals surface area contributed by atoms with Crippen molar-refractivity contribution in [2.75, 3.05) is 33.4 Å². The predicted molar refractivity (Wildman–Crippen MR) is 87.6 cm³/mol. The van der Waals surface area contributed by atoms with E-state index in [1.807, 2.05) is 11.3 Å². The van der Waals surface area contributed by atoms with Crippen LogP contribution in [0.15, 0.2) is 0 Å². The predicted octanol–water partition coefficient (Wildman–Crippen LogP) is 3.15. The van der Waals surface area contributed by atoms with Crippen LogP contribution in [0.3, 0.4) is 0 Å². The number of piperidine rings is 1. The van der Waals surface area contributed by atoms with Gasteiger partial charge in [-0.05, 0) is 40.2 Å². The van der Waals surface area contributed by atoms with Crippen molar-refractivity contribution in [3.05, 3.63) is 22.1 Å². The monoisotopic (exact) mass is 307 g/mol. The molecule has 0 amide bonds. The maximum absolute atomic E-state index is 5.22. The molecule has 116 valence electrons. The number of likely N-dealkylation sites (tertiary alicyclic amines) is 1. The summed E-state index contributed by atoms with van der Waals surface area (Å²) >= 11 is 1.90. The molecule has 1 aliphatic rings.